The Morgan fingerprint density at radius 2 is 1.79 bits per heavy atom. The van der Waals surface area contributed by atoms with Gasteiger partial charge in [0.15, 0.2) is 5.78 Å². The van der Waals surface area contributed by atoms with Crippen LogP contribution in [0, 0.1) is 0 Å². The van der Waals surface area contributed by atoms with Crippen LogP contribution in [-0.2, 0) is 16.1 Å². The third-order valence-electron chi connectivity index (χ3n) is 3.48. The number of pyridine rings is 1. The molecule has 0 fully saturated rings. The molecule has 24 heavy (non-hydrogen) atoms. The summed E-state index contributed by atoms with van der Waals surface area (Å²) in [5.41, 5.74) is 2.01. The van der Waals surface area contributed by atoms with Crippen molar-refractivity contribution in [3.63, 3.8) is 0 Å². The molecular weight excluding hydrogens is 306 g/mol. The van der Waals surface area contributed by atoms with Crippen LogP contribution in [0.4, 0.5) is 5.69 Å². The molecule has 2 aromatic rings. The number of ketones is 1. The molecule has 0 spiro atoms. The van der Waals surface area contributed by atoms with E-state index in [1.54, 1.807) is 42.7 Å². The Kier molecular flexibility index (Phi) is 5.78. The summed E-state index contributed by atoms with van der Waals surface area (Å²) < 4.78 is 0. The van der Waals surface area contributed by atoms with Gasteiger partial charge in [-0.15, -0.1) is 0 Å². The van der Waals surface area contributed by atoms with Crippen molar-refractivity contribution in [3.8, 4) is 0 Å². The third kappa shape index (κ3) is 4.74. The summed E-state index contributed by atoms with van der Waals surface area (Å²) in [4.78, 5) is 40.6. The minimum absolute atomic E-state index is 0.0508. The largest absolute Gasteiger partial charge is 0.350 e. The Hall–Kier alpha value is -3.02. The van der Waals surface area contributed by atoms with E-state index < -0.39 is 0 Å². The smallest absolute Gasteiger partial charge is 0.240 e. The second kappa shape index (κ2) is 8.01. The number of hydrogen-bond donors (Lipinski definition) is 1. The molecule has 0 unspecified atom stereocenters. The number of carbonyl (C=O) groups is 3. The van der Waals surface area contributed by atoms with Crippen molar-refractivity contribution in [2.24, 2.45) is 0 Å². The Morgan fingerprint density at radius 1 is 1.08 bits per heavy atom. The second-order valence-electron chi connectivity index (χ2n) is 5.35. The van der Waals surface area contributed by atoms with Gasteiger partial charge < -0.3 is 10.2 Å². The first kappa shape index (κ1) is 17.3. The first-order valence-electron chi connectivity index (χ1n) is 7.52. The monoisotopic (exact) mass is 325 g/mol. The summed E-state index contributed by atoms with van der Waals surface area (Å²) in [6, 6.07) is 10.2. The van der Waals surface area contributed by atoms with Crippen LogP contribution in [0.2, 0.25) is 0 Å². The molecule has 6 heteroatoms. The van der Waals surface area contributed by atoms with Gasteiger partial charge in [0.05, 0.1) is 0 Å². The maximum atomic E-state index is 12.1. The fourth-order valence-corrected chi connectivity index (χ4v) is 2.16. The zero-order valence-corrected chi connectivity index (χ0v) is 13.7. The fraction of sp³-hybridized carbons (Fsp3) is 0.222. The molecule has 124 valence electrons. The zero-order chi connectivity index (χ0) is 17.5. The molecule has 0 atom stereocenters. The number of carbonyl (C=O) groups excluding carboxylic acids is 3. The van der Waals surface area contributed by atoms with Gasteiger partial charge in [-0.1, -0.05) is 6.07 Å². The topological polar surface area (TPSA) is 79.4 Å². The molecule has 6 nitrogen and oxygen atoms in total. The van der Waals surface area contributed by atoms with Crippen molar-refractivity contribution in [3.05, 3.63) is 59.9 Å². The van der Waals surface area contributed by atoms with Gasteiger partial charge in [-0.05, 0) is 42.8 Å². The average molecular weight is 325 g/mol. The lowest BCUT2D eigenvalue weighted by Crippen LogP contribution is -2.39. The van der Waals surface area contributed by atoms with E-state index in [1.165, 1.54) is 18.7 Å². The molecule has 0 radical (unpaired) electrons. The van der Waals surface area contributed by atoms with Crippen molar-refractivity contribution < 1.29 is 14.4 Å². The van der Waals surface area contributed by atoms with Gasteiger partial charge in [0.25, 0.3) is 0 Å². The van der Waals surface area contributed by atoms with Crippen LogP contribution in [0.15, 0.2) is 48.8 Å². The van der Waals surface area contributed by atoms with Crippen molar-refractivity contribution >= 4 is 23.3 Å². The lowest BCUT2D eigenvalue weighted by atomic mass is 10.1. The molecule has 1 heterocycles. The Balaban J connectivity index is 2.01. The van der Waals surface area contributed by atoms with Crippen LogP contribution in [0.1, 0.15) is 29.8 Å². The van der Waals surface area contributed by atoms with Crippen LogP contribution >= 0.6 is 0 Å². The number of benzene rings is 1. The first-order valence-corrected chi connectivity index (χ1v) is 7.52. The Morgan fingerprint density at radius 3 is 2.33 bits per heavy atom. The molecular formula is C18H19N3O3. The fourth-order valence-electron chi connectivity index (χ4n) is 2.16. The van der Waals surface area contributed by atoms with Crippen molar-refractivity contribution in [2.45, 2.75) is 20.4 Å². The van der Waals surface area contributed by atoms with Gasteiger partial charge >= 0.3 is 0 Å². The maximum Gasteiger partial charge on any atom is 0.240 e. The van der Waals surface area contributed by atoms with Gasteiger partial charge in [0.2, 0.25) is 11.8 Å². The van der Waals surface area contributed by atoms with Gasteiger partial charge in [-0.25, -0.2) is 0 Å². The minimum atomic E-state index is -0.273. The molecule has 0 saturated carbocycles. The van der Waals surface area contributed by atoms with E-state index in [2.05, 4.69) is 10.3 Å². The van der Waals surface area contributed by atoms with Crippen molar-refractivity contribution in [2.75, 3.05) is 11.4 Å². The molecule has 1 N–H and O–H groups in total. The number of amides is 2. The highest BCUT2D eigenvalue weighted by atomic mass is 16.2. The normalized spacial score (nSPS) is 10.1. The van der Waals surface area contributed by atoms with E-state index in [1.807, 2.05) is 6.07 Å². The van der Waals surface area contributed by atoms with E-state index in [9.17, 15) is 14.4 Å². The predicted molar refractivity (Wildman–Crippen MR) is 90.6 cm³/mol. The molecule has 1 aromatic carbocycles. The number of Topliss-reactive ketones (excluding diaryl/α,β-unsaturated/α-hetero) is 1. The molecule has 2 amide bonds. The number of nitrogens with zero attached hydrogens (tertiary/aromatic N) is 2. The summed E-state index contributed by atoms with van der Waals surface area (Å²) in [6.45, 7) is 3.13. The number of rotatable bonds is 6. The highest BCUT2D eigenvalue weighted by Gasteiger charge is 2.16. The highest BCUT2D eigenvalue weighted by Crippen LogP contribution is 2.16. The molecule has 1 aromatic heterocycles. The maximum absolute atomic E-state index is 12.1. The van der Waals surface area contributed by atoms with E-state index in [-0.39, 0.29) is 24.1 Å². The molecule has 2 rings (SSSR count). The summed E-state index contributed by atoms with van der Waals surface area (Å²) in [7, 11) is 0. The summed E-state index contributed by atoms with van der Waals surface area (Å²) >= 11 is 0. The lowest BCUT2D eigenvalue weighted by molar-refractivity contribution is -0.123. The third-order valence-corrected chi connectivity index (χ3v) is 3.48. The summed E-state index contributed by atoms with van der Waals surface area (Å²) in [6.07, 6.45) is 3.33. The van der Waals surface area contributed by atoms with Gasteiger partial charge in [0.1, 0.15) is 6.54 Å². The second-order valence-corrected chi connectivity index (χ2v) is 5.35. The number of anilines is 1. The molecule has 0 aliphatic carbocycles. The van der Waals surface area contributed by atoms with E-state index in [4.69, 9.17) is 0 Å². The van der Waals surface area contributed by atoms with Crippen LogP contribution in [0.5, 0.6) is 0 Å². The van der Waals surface area contributed by atoms with Crippen molar-refractivity contribution in [1.82, 2.24) is 10.3 Å². The molecule has 0 bridgehead atoms. The van der Waals surface area contributed by atoms with Crippen LogP contribution in [-0.4, -0.2) is 29.1 Å². The van der Waals surface area contributed by atoms with Gasteiger partial charge in [-0.3, -0.25) is 19.4 Å². The average Bonchev–Trinajstić information content (AvgIpc) is 2.58. The van der Waals surface area contributed by atoms with E-state index >= 15 is 0 Å². The summed E-state index contributed by atoms with van der Waals surface area (Å²) in [5, 5.41) is 2.76. The predicted octanol–water partition coefficient (Wildman–Crippen LogP) is 1.95. The molecule has 0 aliphatic heterocycles. The number of nitrogens with one attached hydrogen (secondary N) is 1. The zero-order valence-electron chi connectivity index (χ0n) is 13.7. The number of hydrogen-bond acceptors (Lipinski definition) is 4. The van der Waals surface area contributed by atoms with Crippen LogP contribution in [0.3, 0.4) is 0 Å². The number of aromatic nitrogens is 1. The minimum Gasteiger partial charge on any atom is -0.350 e. The molecule has 0 aliphatic rings. The Labute approximate surface area is 140 Å². The highest BCUT2D eigenvalue weighted by molar-refractivity contribution is 5.98. The Bertz CT molecular complexity index is 727. The lowest BCUT2D eigenvalue weighted by Gasteiger charge is -2.21. The van der Waals surface area contributed by atoms with Gasteiger partial charge in [0, 0.05) is 37.1 Å². The molecule has 0 saturated heterocycles. The quantitative estimate of drug-likeness (QED) is 0.823. The van der Waals surface area contributed by atoms with Crippen LogP contribution < -0.4 is 10.2 Å². The standard InChI is InChI=1S/C18H19N3O3/c1-13(22)16-5-7-17(8-6-16)21(14(2)23)12-18(24)20-11-15-4-3-9-19-10-15/h3-10H,11-12H2,1-2H3,(H,20,24). The SMILES string of the molecule is CC(=O)c1ccc(N(CC(=O)NCc2cccnc2)C(C)=O)cc1. The van der Waals surface area contributed by atoms with E-state index in [0.717, 1.165) is 5.56 Å². The van der Waals surface area contributed by atoms with Crippen molar-refractivity contribution in [1.29, 1.82) is 0 Å². The summed E-state index contributed by atoms with van der Waals surface area (Å²) in [5.74, 6) is -0.572. The van der Waals surface area contributed by atoms with E-state index in [0.29, 0.717) is 17.8 Å². The van der Waals surface area contributed by atoms with Gasteiger partial charge in [-0.2, -0.15) is 0 Å². The van der Waals surface area contributed by atoms with Crippen LogP contribution in [0.25, 0.3) is 0 Å². The first-order chi connectivity index (χ1) is 11.5.